The molecule has 0 saturated carbocycles. The van der Waals surface area contributed by atoms with Gasteiger partial charge in [0, 0.05) is 24.0 Å². The normalized spacial score (nSPS) is 12.8. The van der Waals surface area contributed by atoms with Crippen LogP contribution in [0.15, 0.2) is 23.0 Å². The summed E-state index contributed by atoms with van der Waals surface area (Å²) in [7, 11) is 0. The van der Waals surface area contributed by atoms with Crippen LogP contribution >= 0.6 is 0 Å². The number of rotatable bonds is 4. The minimum absolute atomic E-state index is 0.218. The zero-order valence-electron chi connectivity index (χ0n) is 12.7. The summed E-state index contributed by atoms with van der Waals surface area (Å²) >= 11 is 0. The van der Waals surface area contributed by atoms with Gasteiger partial charge in [-0.2, -0.15) is 5.10 Å². The Morgan fingerprint density at radius 2 is 2.14 bits per heavy atom. The minimum Gasteiger partial charge on any atom is -0.365 e. The van der Waals surface area contributed by atoms with Gasteiger partial charge in [0.1, 0.15) is 11.3 Å². The number of hydrogen-bond acceptors (Lipinski definition) is 5. The Balaban J connectivity index is 1.82. The van der Waals surface area contributed by atoms with Gasteiger partial charge >= 0.3 is 0 Å². The lowest BCUT2D eigenvalue weighted by Gasteiger charge is -2.14. The molecule has 0 aliphatic rings. The smallest absolute Gasteiger partial charge is 0.152 e. The van der Waals surface area contributed by atoms with E-state index in [2.05, 4.69) is 27.5 Å². The van der Waals surface area contributed by atoms with Crippen molar-refractivity contribution in [1.82, 2.24) is 19.8 Å². The first-order valence-corrected chi connectivity index (χ1v) is 7.04. The average Bonchev–Trinajstić information content (AvgIpc) is 2.96. The van der Waals surface area contributed by atoms with Crippen LogP contribution in [0.1, 0.15) is 29.6 Å². The Kier molecular flexibility index (Phi) is 3.37. The molecule has 110 valence electrons. The quantitative estimate of drug-likeness (QED) is 0.798. The second kappa shape index (κ2) is 5.20. The number of anilines is 1. The third-order valence-corrected chi connectivity index (χ3v) is 3.59. The molecule has 0 amide bonds. The fourth-order valence-electron chi connectivity index (χ4n) is 2.54. The Morgan fingerprint density at radius 3 is 2.86 bits per heavy atom. The first kappa shape index (κ1) is 13.6. The standard InChI is InChI=1S/C15H19N5O/c1-9(7-13-11(3)19-21-12(13)4)17-15-14-8-10(2)18-20(14)6-5-16-15/h5-6,8-9H,7H2,1-4H3,(H,16,17). The molecule has 3 rings (SSSR count). The van der Waals surface area contributed by atoms with E-state index in [-0.39, 0.29) is 6.04 Å². The Labute approximate surface area is 123 Å². The van der Waals surface area contributed by atoms with E-state index in [0.29, 0.717) is 0 Å². The third kappa shape index (κ3) is 2.61. The van der Waals surface area contributed by atoms with Crippen LogP contribution in [-0.4, -0.2) is 25.8 Å². The summed E-state index contributed by atoms with van der Waals surface area (Å²) in [5.41, 5.74) is 4.07. The monoisotopic (exact) mass is 285 g/mol. The van der Waals surface area contributed by atoms with Crippen LogP contribution in [0.25, 0.3) is 5.52 Å². The van der Waals surface area contributed by atoms with Crippen LogP contribution in [0.4, 0.5) is 5.82 Å². The van der Waals surface area contributed by atoms with Crippen LogP contribution in [0.2, 0.25) is 0 Å². The van der Waals surface area contributed by atoms with Crippen molar-refractivity contribution in [3.8, 4) is 0 Å². The molecule has 0 spiro atoms. The molecule has 6 heteroatoms. The minimum atomic E-state index is 0.218. The summed E-state index contributed by atoms with van der Waals surface area (Å²) in [6.45, 7) is 8.02. The summed E-state index contributed by atoms with van der Waals surface area (Å²) in [6.07, 6.45) is 4.45. The largest absolute Gasteiger partial charge is 0.365 e. The molecule has 0 aliphatic heterocycles. The third-order valence-electron chi connectivity index (χ3n) is 3.59. The maximum absolute atomic E-state index is 5.21. The van der Waals surface area contributed by atoms with E-state index in [0.717, 1.165) is 40.5 Å². The molecule has 0 fully saturated rings. The van der Waals surface area contributed by atoms with Crippen LogP contribution in [-0.2, 0) is 6.42 Å². The van der Waals surface area contributed by atoms with Gasteiger partial charge in [0.25, 0.3) is 0 Å². The van der Waals surface area contributed by atoms with Crippen molar-refractivity contribution in [3.63, 3.8) is 0 Å². The molecule has 0 saturated heterocycles. The molecule has 1 unspecified atom stereocenters. The Hall–Kier alpha value is -2.37. The van der Waals surface area contributed by atoms with E-state index in [4.69, 9.17) is 4.52 Å². The van der Waals surface area contributed by atoms with Crippen LogP contribution in [0.5, 0.6) is 0 Å². The molecular weight excluding hydrogens is 266 g/mol. The highest BCUT2D eigenvalue weighted by Gasteiger charge is 2.14. The molecule has 0 aliphatic carbocycles. The lowest BCUT2D eigenvalue weighted by Crippen LogP contribution is -2.20. The number of nitrogens with zero attached hydrogens (tertiary/aromatic N) is 4. The lowest BCUT2D eigenvalue weighted by molar-refractivity contribution is 0.392. The predicted octanol–water partition coefficient (Wildman–Crippen LogP) is 2.69. The van der Waals surface area contributed by atoms with Crippen molar-refractivity contribution >= 4 is 11.3 Å². The molecule has 3 heterocycles. The number of nitrogens with one attached hydrogen (secondary N) is 1. The Bertz CT molecular complexity index is 754. The summed E-state index contributed by atoms with van der Waals surface area (Å²) in [5, 5.41) is 11.8. The van der Waals surface area contributed by atoms with Crippen LogP contribution in [0, 0.1) is 20.8 Å². The van der Waals surface area contributed by atoms with Crippen molar-refractivity contribution in [1.29, 1.82) is 0 Å². The summed E-state index contributed by atoms with van der Waals surface area (Å²) < 4.78 is 7.05. The molecule has 21 heavy (non-hydrogen) atoms. The molecule has 1 atom stereocenters. The van der Waals surface area contributed by atoms with E-state index in [1.165, 1.54) is 0 Å². The van der Waals surface area contributed by atoms with Gasteiger partial charge in [0.15, 0.2) is 5.82 Å². The Morgan fingerprint density at radius 1 is 1.33 bits per heavy atom. The zero-order valence-corrected chi connectivity index (χ0v) is 12.7. The van der Waals surface area contributed by atoms with Gasteiger partial charge in [-0.3, -0.25) is 0 Å². The van der Waals surface area contributed by atoms with Gasteiger partial charge in [-0.15, -0.1) is 0 Å². The van der Waals surface area contributed by atoms with Gasteiger partial charge in [0.2, 0.25) is 0 Å². The molecule has 1 N–H and O–H groups in total. The fourth-order valence-corrected chi connectivity index (χ4v) is 2.54. The number of aromatic nitrogens is 4. The number of hydrogen-bond donors (Lipinski definition) is 1. The highest BCUT2D eigenvalue weighted by atomic mass is 16.5. The van der Waals surface area contributed by atoms with Gasteiger partial charge in [-0.25, -0.2) is 9.50 Å². The van der Waals surface area contributed by atoms with Crippen molar-refractivity contribution in [2.75, 3.05) is 5.32 Å². The number of aryl methyl sites for hydroxylation is 3. The van der Waals surface area contributed by atoms with E-state index in [1.807, 2.05) is 37.5 Å². The first-order valence-electron chi connectivity index (χ1n) is 7.04. The molecular formula is C15H19N5O. The van der Waals surface area contributed by atoms with Crippen LogP contribution < -0.4 is 5.32 Å². The van der Waals surface area contributed by atoms with Crippen molar-refractivity contribution in [2.45, 2.75) is 40.2 Å². The zero-order chi connectivity index (χ0) is 15.0. The van der Waals surface area contributed by atoms with Gasteiger partial charge in [-0.1, -0.05) is 5.16 Å². The molecule has 3 aromatic heterocycles. The van der Waals surface area contributed by atoms with Gasteiger partial charge in [0.05, 0.1) is 11.4 Å². The summed E-state index contributed by atoms with van der Waals surface area (Å²) in [4.78, 5) is 4.42. The van der Waals surface area contributed by atoms with E-state index < -0.39 is 0 Å². The molecule has 3 aromatic rings. The van der Waals surface area contributed by atoms with Gasteiger partial charge < -0.3 is 9.84 Å². The highest BCUT2D eigenvalue weighted by Crippen LogP contribution is 2.19. The molecule has 0 aromatic carbocycles. The summed E-state index contributed by atoms with van der Waals surface area (Å²) in [5.74, 6) is 1.73. The van der Waals surface area contributed by atoms with Crippen molar-refractivity contribution in [3.05, 3.63) is 41.2 Å². The second-order valence-electron chi connectivity index (χ2n) is 5.44. The SMILES string of the molecule is Cc1cc2c(NC(C)Cc3c(C)noc3C)nccn2n1. The molecule has 0 radical (unpaired) electrons. The molecule has 6 nitrogen and oxygen atoms in total. The fraction of sp³-hybridized carbons (Fsp3) is 0.400. The topological polar surface area (TPSA) is 68.2 Å². The number of fused-ring (bicyclic) bond motifs is 1. The maximum Gasteiger partial charge on any atom is 0.152 e. The maximum atomic E-state index is 5.21. The lowest BCUT2D eigenvalue weighted by atomic mass is 10.1. The average molecular weight is 285 g/mol. The van der Waals surface area contributed by atoms with E-state index in [9.17, 15) is 0 Å². The van der Waals surface area contributed by atoms with Gasteiger partial charge in [-0.05, 0) is 40.2 Å². The van der Waals surface area contributed by atoms with E-state index >= 15 is 0 Å². The van der Waals surface area contributed by atoms with Crippen molar-refractivity contribution in [2.24, 2.45) is 0 Å². The molecule has 0 bridgehead atoms. The summed E-state index contributed by atoms with van der Waals surface area (Å²) in [6, 6.07) is 2.24. The second-order valence-corrected chi connectivity index (χ2v) is 5.44. The predicted molar refractivity (Wildman–Crippen MR) is 80.5 cm³/mol. The van der Waals surface area contributed by atoms with E-state index in [1.54, 1.807) is 6.20 Å². The van der Waals surface area contributed by atoms with Crippen molar-refractivity contribution < 1.29 is 4.52 Å². The highest BCUT2D eigenvalue weighted by molar-refractivity contribution is 5.68. The van der Waals surface area contributed by atoms with Crippen LogP contribution in [0.3, 0.4) is 0 Å². The first-order chi connectivity index (χ1) is 10.0.